The van der Waals surface area contributed by atoms with E-state index in [0.717, 1.165) is 35.8 Å². The van der Waals surface area contributed by atoms with Crippen molar-refractivity contribution in [2.45, 2.75) is 24.8 Å². The van der Waals surface area contributed by atoms with Gasteiger partial charge >= 0.3 is 0 Å². The average molecular weight is 452 g/mol. The average Bonchev–Trinajstić information content (AvgIpc) is 3.62. The molecule has 1 N–H and O–H groups in total. The first-order chi connectivity index (χ1) is 15.5. The van der Waals surface area contributed by atoms with Gasteiger partial charge in [0.05, 0.1) is 4.90 Å². The number of fused-ring (bicyclic) bond motifs is 1. The Bertz CT molecular complexity index is 1210. The Morgan fingerprint density at radius 3 is 2.53 bits per heavy atom. The number of hydrogen-bond donors (Lipinski definition) is 1. The minimum atomic E-state index is -3.65. The second-order valence-corrected chi connectivity index (χ2v) is 9.94. The van der Waals surface area contributed by atoms with Crippen molar-refractivity contribution >= 4 is 26.7 Å². The van der Waals surface area contributed by atoms with E-state index in [2.05, 4.69) is 33.9 Å². The van der Waals surface area contributed by atoms with Gasteiger partial charge in [0.1, 0.15) is 0 Å². The quantitative estimate of drug-likeness (QED) is 0.479. The van der Waals surface area contributed by atoms with Crippen molar-refractivity contribution < 1.29 is 13.2 Å². The maximum Gasteiger partial charge on any atom is 0.254 e. The molecule has 0 atom stereocenters. The van der Waals surface area contributed by atoms with Crippen LogP contribution in [0.25, 0.3) is 10.8 Å². The maximum atomic E-state index is 13.3. The van der Waals surface area contributed by atoms with E-state index in [1.165, 1.54) is 12.1 Å². The topological polar surface area (TPSA) is 69.5 Å². The Labute approximate surface area is 189 Å². The highest BCUT2D eigenvalue weighted by Gasteiger charge is 2.21. The van der Waals surface area contributed by atoms with Gasteiger partial charge in [-0.2, -0.15) is 0 Å². The molecule has 0 unspecified atom stereocenters. The first kappa shape index (κ1) is 22.5. The Hall–Kier alpha value is -2.74. The van der Waals surface area contributed by atoms with E-state index in [4.69, 9.17) is 0 Å². The smallest absolute Gasteiger partial charge is 0.254 e. The Balaban J connectivity index is 1.51. The van der Waals surface area contributed by atoms with Crippen molar-refractivity contribution in [2.24, 2.45) is 0 Å². The molecule has 1 aliphatic heterocycles. The molecule has 1 heterocycles. The van der Waals surface area contributed by atoms with Crippen molar-refractivity contribution in [1.82, 2.24) is 14.5 Å². The molecular weight excluding hydrogens is 422 g/mol. The number of carbonyl (C=O) groups excluding carboxylic acids is 1. The summed E-state index contributed by atoms with van der Waals surface area (Å²) in [5.74, 6) is -0.166. The lowest BCUT2D eigenvalue weighted by Gasteiger charge is -2.23. The van der Waals surface area contributed by atoms with Gasteiger partial charge < -0.3 is 4.90 Å². The van der Waals surface area contributed by atoms with E-state index < -0.39 is 10.0 Å². The molecule has 0 saturated carbocycles. The number of rotatable bonds is 10. The predicted molar refractivity (Wildman–Crippen MR) is 127 cm³/mol. The molecular formula is C25H29N3O3S. The number of nitrogens with one attached hydrogen (secondary N) is 1. The third-order valence-electron chi connectivity index (χ3n) is 5.62. The first-order valence-electron chi connectivity index (χ1n) is 11.1. The summed E-state index contributed by atoms with van der Waals surface area (Å²) in [6.45, 7) is 6.21. The van der Waals surface area contributed by atoms with Crippen LogP contribution in [-0.2, 0) is 16.6 Å². The van der Waals surface area contributed by atoms with Crippen molar-refractivity contribution in [1.29, 1.82) is 0 Å². The van der Waals surface area contributed by atoms with Crippen molar-refractivity contribution in [2.75, 3.05) is 32.7 Å². The molecule has 0 radical (unpaired) electrons. The number of nitrogens with zero attached hydrogens (tertiary/aromatic N) is 2. The van der Waals surface area contributed by atoms with Gasteiger partial charge in [0.2, 0.25) is 10.0 Å². The molecule has 168 valence electrons. The van der Waals surface area contributed by atoms with Gasteiger partial charge in [0.25, 0.3) is 5.91 Å². The fourth-order valence-corrected chi connectivity index (χ4v) is 4.84. The summed E-state index contributed by atoms with van der Waals surface area (Å²) in [7, 11) is -3.65. The first-order valence-corrected chi connectivity index (χ1v) is 12.5. The number of benzene rings is 3. The van der Waals surface area contributed by atoms with Crippen LogP contribution in [0.3, 0.4) is 0 Å². The number of sulfonamides is 1. The molecule has 1 fully saturated rings. The van der Waals surface area contributed by atoms with Gasteiger partial charge in [-0.3, -0.25) is 9.69 Å². The molecule has 4 rings (SSSR count). The molecule has 1 amide bonds. The van der Waals surface area contributed by atoms with Gasteiger partial charge in [-0.15, -0.1) is 0 Å². The number of hydrogen-bond acceptors (Lipinski definition) is 4. The number of carbonyl (C=O) groups is 1. The van der Waals surface area contributed by atoms with Crippen LogP contribution >= 0.6 is 0 Å². The molecule has 32 heavy (non-hydrogen) atoms. The summed E-state index contributed by atoms with van der Waals surface area (Å²) in [6, 6.07) is 20.7. The van der Waals surface area contributed by atoms with Crippen LogP contribution in [0.4, 0.5) is 0 Å². The second-order valence-electron chi connectivity index (χ2n) is 8.18. The van der Waals surface area contributed by atoms with Crippen LogP contribution in [0.2, 0.25) is 0 Å². The monoisotopic (exact) mass is 451 g/mol. The standard InChI is InChI=1S/C25H29N3O3S/c1-2-13-28(19-20-10-11-21-6-3-4-7-22(21)17-20)25(29)23-8-5-9-24(18-23)32(30,31)26-12-14-27-15-16-27/h3-11,17-18,26H,2,12-16,19H2,1H3. The maximum absolute atomic E-state index is 13.3. The van der Waals surface area contributed by atoms with E-state index in [1.807, 2.05) is 25.1 Å². The normalized spacial score (nSPS) is 13.9. The molecule has 0 bridgehead atoms. The van der Waals surface area contributed by atoms with Gasteiger partial charge in [-0.25, -0.2) is 13.1 Å². The second kappa shape index (κ2) is 9.81. The summed E-state index contributed by atoms with van der Waals surface area (Å²) in [6.07, 6.45) is 0.815. The molecule has 7 heteroatoms. The third-order valence-corrected chi connectivity index (χ3v) is 7.08. The van der Waals surface area contributed by atoms with Crippen LogP contribution in [-0.4, -0.2) is 56.8 Å². The van der Waals surface area contributed by atoms with Crippen molar-refractivity contribution in [3.05, 3.63) is 77.9 Å². The van der Waals surface area contributed by atoms with E-state index in [-0.39, 0.29) is 10.8 Å². The molecule has 0 spiro atoms. The van der Waals surface area contributed by atoms with E-state index in [1.54, 1.807) is 17.0 Å². The molecule has 1 saturated heterocycles. The Morgan fingerprint density at radius 2 is 1.78 bits per heavy atom. The zero-order chi connectivity index (χ0) is 22.6. The van der Waals surface area contributed by atoms with Gasteiger partial charge in [-0.1, -0.05) is 49.4 Å². The Morgan fingerprint density at radius 1 is 1.00 bits per heavy atom. The summed E-state index contributed by atoms with van der Waals surface area (Å²) in [4.78, 5) is 17.4. The highest BCUT2D eigenvalue weighted by molar-refractivity contribution is 7.89. The van der Waals surface area contributed by atoms with Crippen LogP contribution in [0.15, 0.2) is 71.6 Å². The number of amides is 1. The Kier molecular flexibility index (Phi) is 6.89. The molecule has 6 nitrogen and oxygen atoms in total. The van der Waals surface area contributed by atoms with Crippen molar-refractivity contribution in [3.63, 3.8) is 0 Å². The summed E-state index contributed by atoms with van der Waals surface area (Å²) in [5.41, 5.74) is 1.43. The van der Waals surface area contributed by atoms with Gasteiger partial charge in [0, 0.05) is 44.8 Å². The molecule has 0 aliphatic carbocycles. The van der Waals surface area contributed by atoms with E-state index in [0.29, 0.717) is 31.7 Å². The minimum absolute atomic E-state index is 0.122. The minimum Gasteiger partial charge on any atom is -0.334 e. The molecule has 1 aliphatic rings. The summed E-state index contributed by atoms with van der Waals surface area (Å²) < 4.78 is 28.0. The van der Waals surface area contributed by atoms with Crippen LogP contribution in [0.5, 0.6) is 0 Å². The third kappa shape index (κ3) is 5.54. The van der Waals surface area contributed by atoms with Gasteiger partial charge in [-0.05, 0) is 47.0 Å². The van der Waals surface area contributed by atoms with Gasteiger partial charge in [0.15, 0.2) is 0 Å². The lowest BCUT2D eigenvalue weighted by Crippen LogP contribution is -2.32. The van der Waals surface area contributed by atoms with Crippen LogP contribution in [0.1, 0.15) is 29.3 Å². The zero-order valence-corrected chi connectivity index (χ0v) is 19.1. The predicted octanol–water partition coefficient (Wildman–Crippen LogP) is 3.49. The lowest BCUT2D eigenvalue weighted by molar-refractivity contribution is 0.0743. The van der Waals surface area contributed by atoms with E-state index in [9.17, 15) is 13.2 Å². The fourth-order valence-electron chi connectivity index (χ4n) is 3.77. The highest BCUT2D eigenvalue weighted by Crippen LogP contribution is 2.19. The fraction of sp³-hybridized carbons (Fsp3) is 0.320. The van der Waals surface area contributed by atoms with Crippen molar-refractivity contribution in [3.8, 4) is 0 Å². The highest BCUT2D eigenvalue weighted by atomic mass is 32.2. The largest absolute Gasteiger partial charge is 0.334 e. The lowest BCUT2D eigenvalue weighted by atomic mass is 10.1. The summed E-state index contributed by atoms with van der Waals surface area (Å²) >= 11 is 0. The summed E-state index contributed by atoms with van der Waals surface area (Å²) in [5, 5.41) is 2.30. The van der Waals surface area contributed by atoms with Crippen LogP contribution in [0, 0.1) is 0 Å². The molecule has 0 aromatic heterocycles. The van der Waals surface area contributed by atoms with Crippen LogP contribution < -0.4 is 4.72 Å². The SMILES string of the molecule is CCCN(Cc1ccc2ccccc2c1)C(=O)c1cccc(S(=O)(=O)NCCN2CC2)c1. The molecule has 3 aromatic rings. The van der Waals surface area contributed by atoms with E-state index >= 15 is 0 Å². The molecule has 3 aromatic carbocycles. The zero-order valence-electron chi connectivity index (χ0n) is 18.3.